The van der Waals surface area contributed by atoms with Gasteiger partial charge in [0.1, 0.15) is 5.76 Å². The summed E-state index contributed by atoms with van der Waals surface area (Å²) in [6.45, 7) is 7.34. The van der Waals surface area contributed by atoms with Gasteiger partial charge < -0.3 is 14.7 Å². The van der Waals surface area contributed by atoms with E-state index in [4.69, 9.17) is 4.52 Å². The summed E-state index contributed by atoms with van der Waals surface area (Å²) in [5.74, 6) is 1.77. The van der Waals surface area contributed by atoms with Crippen LogP contribution >= 0.6 is 0 Å². The Morgan fingerprint density at radius 1 is 1.41 bits per heavy atom. The number of likely N-dealkylation sites (tertiary alicyclic amines) is 1. The molecule has 122 valence electrons. The molecule has 2 heterocycles. The fraction of sp³-hybridized carbons (Fsp3) is 0.688. The van der Waals surface area contributed by atoms with Crippen LogP contribution in [0.15, 0.2) is 10.6 Å². The van der Waals surface area contributed by atoms with Crippen molar-refractivity contribution in [2.24, 2.45) is 11.8 Å². The smallest absolute Gasteiger partial charge is 0.228 e. The molecule has 1 saturated heterocycles. The van der Waals surface area contributed by atoms with Crippen LogP contribution in [0.5, 0.6) is 0 Å². The summed E-state index contributed by atoms with van der Waals surface area (Å²) in [7, 11) is 0. The minimum atomic E-state index is -0.0637. The van der Waals surface area contributed by atoms with Crippen LogP contribution in [-0.4, -0.2) is 35.0 Å². The van der Waals surface area contributed by atoms with E-state index in [1.807, 2.05) is 4.90 Å². The Bertz CT molecular complexity index is 516. The Balaban J connectivity index is 1.76. The van der Waals surface area contributed by atoms with Crippen LogP contribution in [0.3, 0.4) is 0 Å². The first-order valence-corrected chi connectivity index (χ1v) is 7.97. The molecule has 0 atom stereocenters. The number of rotatable bonds is 5. The molecule has 1 aromatic rings. The Morgan fingerprint density at radius 2 is 2.09 bits per heavy atom. The quantitative estimate of drug-likeness (QED) is 0.907. The van der Waals surface area contributed by atoms with E-state index < -0.39 is 0 Å². The molecule has 0 bridgehead atoms. The minimum absolute atomic E-state index is 0.0393. The van der Waals surface area contributed by atoms with E-state index in [1.165, 1.54) is 0 Å². The number of carbonyl (C=O) groups is 2. The van der Waals surface area contributed by atoms with E-state index in [0.29, 0.717) is 49.8 Å². The molecule has 0 radical (unpaired) electrons. The minimum Gasteiger partial charge on any atom is -0.360 e. The summed E-state index contributed by atoms with van der Waals surface area (Å²) in [4.78, 5) is 26.1. The summed E-state index contributed by atoms with van der Waals surface area (Å²) in [5.41, 5.74) is 0. The molecule has 1 N–H and O–H groups in total. The Kier molecular flexibility index (Phi) is 5.57. The maximum atomic E-state index is 12.2. The van der Waals surface area contributed by atoms with E-state index in [1.54, 1.807) is 13.0 Å². The predicted octanol–water partition coefficient (Wildman–Crippen LogP) is 2.60. The van der Waals surface area contributed by atoms with Gasteiger partial charge in [0.25, 0.3) is 0 Å². The second-order valence-electron chi connectivity index (χ2n) is 6.40. The largest absolute Gasteiger partial charge is 0.360 e. The van der Waals surface area contributed by atoms with Crippen molar-refractivity contribution < 1.29 is 14.1 Å². The number of aromatic nitrogens is 1. The average molecular weight is 307 g/mol. The lowest BCUT2D eigenvalue weighted by molar-refractivity contribution is -0.134. The number of nitrogens with zero attached hydrogens (tertiary/aromatic N) is 2. The number of nitrogens with one attached hydrogen (secondary N) is 1. The van der Waals surface area contributed by atoms with E-state index in [-0.39, 0.29) is 17.7 Å². The van der Waals surface area contributed by atoms with Crippen LogP contribution in [0, 0.1) is 18.8 Å². The molecule has 0 aromatic carbocycles. The third kappa shape index (κ3) is 4.58. The number of amides is 2. The van der Waals surface area contributed by atoms with E-state index in [9.17, 15) is 9.59 Å². The van der Waals surface area contributed by atoms with Gasteiger partial charge in [-0.3, -0.25) is 9.59 Å². The van der Waals surface area contributed by atoms with Gasteiger partial charge >= 0.3 is 0 Å². The van der Waals surface area contributed by atoms with Crippen molar-refractivity contribution in [1.29, 1.82) is 0 Å². The van der Waals surface area contributed by atoms with Crippen molar-refractivity contribution >= 4 is 17.6 Å². The number of piperidine rings is 1. The van der Waals surface area contributed by atoms with Crippen molar-refractivity contribution in [1.82, 2.24) is 10.1 Å². The normalized spacial score (nSPS) is 16.1. The number of anilines is 1. The lowest BCUT2D eigenvalue weighted by atomic mass is 9.95. The van der Waals surface area contributed by atoms with Crippen LogP contribution in [-0.2, 0) is 9.59 Å². The molecule has 1 fully saturated rings. The molecule has 0 saturated carbocycles. The molecule has 22 heavy (non-hydrogen) atoms. The summed E-state index contributed by atoms with van der Waals surface area (Å²) in [5, 5.41) is 6.53. The molecule has 2 rings (SSSR count). The highest BCUT2D eigenvalue weighted by molar-refractivity contribution is 5.91. The van der Waals surface area contributed by atoms with Crippen LogP contribution < -0.4 is 5.32 Å². The zero-order valence-electron chi connectivity index (χ0n) is 13.6. The first-order valence-electron chi connectivity index (χ1n) is 7.97. The molecule has 0 aliphatic carbocycles. The SMILES string of the molecule is Cc1cc(NC(=O)C2CCN(C(=O)CCC(C)C)CC2)no1. The van der Waals surface area contributed by atoms with Crippen LogP contribution in [0.1, 0.15) is 45.3 Å². The van der Waals surface area contributed by atoms with E-state index >= 15 is 0 Å². The van der Waals surface area contributed by atoms with Crippen LogP contribution in [0.25, 0.3) is 0 Å². The first kappa shape index (κ1) is 16.5. The number of hydrogen-bond donors (Lipinski definition) is 1. The van der Waals surface area contributed by atoms with Crippen molar-refractivity contribution in [3.8, 4) is 0 Å². The summed E-state index contributed by atoms with van der Waals surface area (Å²) in [6.07, 6.45) is 2.93. The molecule has 0 unspecified atom stereocenters. The molecule has 6 heteroatoms. The highest BCUT2D eigenvalue weighted by Gasteiger charge is 2.27. The van der Waals surface area contributed by atoms with Gasteiger partial charge in [0, 0.05) is 31.5 Å². The molecule has 0 spiro atoms. The van der Waals surface area contributed by atoms with Crippen LogP contribution in [0.2, 0.25) is 0 Å². The fourth-order valence-corrected chi connectivity index (χ4v) is 2.61. The van der Waals surface area contributed by atoms with Crippen molar-refractivity contribution in [3.05, 3.63) is 11.8 Å². The molecular weight excluding hydrogens is 282 g/mol. The van der Waals surface area contributed by atoms with Gasteiger partial charge in [-0.2, -0.15) is 0 Å². The second kappa shape index (κ2) is 7.42. The highest BCUT2D eigenvalue weighted by atomic mass is 16.5. The zero-order valence-corrected chi connectivity index (χ0v) is 13.6. The third-order valence-electron chi connectivity index (χ3n) is 4.03. The van der Waals surface area contributed by atoms with Gasteiger partial charge in [-0.25, -0.2) is 0 Å². The third-order valence-corrected chi connectivity index (χ3v) is 4.03. The van der Waals surface area contributed by atoms with Gasteiger partial charge in [0.2, 0.25) is 11.8 Å². The maximum Gasteiger partial charge on any atom is 0.228 e. The highest BCUT2D eigenvalue weighted by Crippen LogP contribution is 2.20. The molecule has 1 aliphatic rings. The molecular formula is C16H25N3O3. The summed E-state index contributed by atoms with van der Waals surface area (Å²) in [6, 6.07) is 1.70. The molecule has 2 amide bonds. The maximum absolute atomic E-state index is 12.2. The van der Waals surface area contributed by atoms with E-state index in [2.05, 4.69) is 24.3 Å². The summed E-state index contributed by atoms with van der Waals surface area (Å²) >= 11 is 0. The fourth-order valence-electron chi connectivity index (χ4n) is 2.61. The van der Waals surface area contributed by atoms with Gasteiger partial charge in [0.05, 0.1) is 0 Å². The number of aryl methyl sites for hydroxylation is 1. The van der Waals surface area contributed by atoms with Gasteiger partial charge in [0.15, 0.2) is 5.82 Å². The second-order valence-corrected chi connectivity index (χ2v) is 6.40. The average Bonchev–Trinajstić information content (AvgIpc) is 2.90. The Hall–Kier alpha value is -1.85. The monoisotopic (exact) mass is 307 g/mol. The van der Waals surface area contributed by atoms with Crippen molar-refractivity contribution in [2.45, 2.75) is 46.5 Å². The topological polar surface area (TPSA) is 75.4 Å². The predicted molar refractivity (Wildman–Crippen MR) is 83.2 cm³/mol. The van der Waals surface area contributed by atoms with Gasteiger partial charge in [-0.05, 0) is 32.1 Å². The van der Waals surface area contributed by atoms with Gasteiger partial charge in [-0.15, -0.1) is 0 Å². The molecule has 6 nitrogen and oxygen atoms in total. The van der Waals surface area contributed by atoms with Crippen molar-refractivity contribution in [3.63, 3.8) is 0 Å². The number of hydrogen-bond acceptors (Lipinski definition) is 4. The molecule has 1 aliphatic heterocycles. The molecule has 1 aromatic heterocycles. The lowest BCUT2D eigenvalue weighted by Gasteiger charge is -2.31. The zero-order chi connectivity index (χ0) is 16.1. The Morgan fingerprint density at radius 3 is 2.64 bits per heavy atom. The van der Waals surface area contributed by atoms with E-state index in [0.717, 1.165) is 6.42 Å². The lowest BCUT2D eigenvalue weighted by Crippen LogP contribution is -2.41. The number of carbonyl (C=O) groups excluding carboxylic acids is 2. The Labute approximate surface area is 131 Å². The summed E-state index contributed by atoms with van der Waals surface area (Å²) < 4.78 is 4.93. The van der Waals surface area contributed by atoms with Crippen LogP contribution in [0.4, 0.5) is 5.82 Å². The van der Waals surface area contributed by atoms with Gasteiger partial charge in [-0.1, -0.05) is 19.0 Å². The van der Waals surface area contributed by atoms with Crippen molar-refractivity contribution in [2.75, 3.05) is 18.4 Å². The first-order chi connectivity index (χ1) is 10.5. The standard InChI is InChI=1S/C16H25N3O3/c1-11(2)4-5-15(20)19-8-6-13(7-9-19)16(21)17-14-10-12(3)22-18-14/h10-11,13H,4-9H2,1-3H3,(H,17,18,21).